The van der Waals surface area contributed by atoms with Gasteiger partial charge in [0, 0.05) is 21.7 Å². The van der Waals surface area contributed by atoms with Gasteiger partial charge in [0.15, 0.2) is 0 Å². The Balaban J connectivity index is 1.93. The first-order valence-electron chi connectivity index (χ1n) is 8.50. The van der Waals surface area contributed by atoms with Gasteiger partial charge in [0.2, 0.25) is 0 Å². The molecule has 3 aromatic rings. The zero-order valence-corrected chi connectivity index (χ0v) is 17.2. The minimum Gasteiger partial charge on any atom is -0.465 e. The Labute approximate surface area is 172 Å². The average Bonchev–Trinajstić information content (AvgIpc) is 3.06. The lowest BCUT2D eigenvalue weighted by Gasteiger charge is -2.11. The zero-order chi connectivity index (χ0) is 20.3. The second-order valence-electron chi connectivity index (χ2n) is 6.25. The number of amides is 2. The van der Waals surface area contributed by atoms with Gasteiger partial charge in [-0.1, -0.05) is 41.4 Å². The molecule has 2 aromatic carbocycles. The van der Waals surface area contributed by atoms with E-state index in [2.05, 4.69) is 10.6 Å². The van der Waals surface area contributed by atoms with Gasteiger partial charge in [0.1, 0.15) is 10.6 Å². The monoisotopic (exact) mass is 414 g/mol. The smallest absolute Gasteiger partial charge is 0.341 e. The van der Waals surface area contributed by atoms with Crippen molar-refractivity contribution in [3.8, 4) is 11.1 Å². The molecule has 0 atom stereocenters. The maximum Gasteiger partial charge on any atom is 0.341 e. The van der Waals surface area contributed by atoms with E-state index >= 15 is 0 Å². The number of methoxy groups -OCH3 is 1. The van der Waals surface area contributed by atoms with E-state index in [1.807, 2.05) is 37.4 Å². The summed E-state index contributed by atoms with van der Waals surface area (Å²) in [5.41, 5.74) is 4.66. The van der Waals surface area contributed by atoms with Crippen molar-refractivity contribution in [1.82, 2.24) is 0 Å². The normalized spacial score (nSPS) is 10.4. The van der Waals surface area contributed by atoms with Crippen LogP contribution >= 0.6 is 22.9 Å². The molecule has 2 amide bonds. The number of halogens is 1. The molecule has 0 saturated carbocycles. The van der Waals surface area contributed by atoms with E-state index in [1.165, 1.54) is 18.4 Å². The molecule has 2 N–H and O–H groups in total. The Morgan fingerprint density at radius 2 is 1.82 bits per heavy atom. The fourth-order valence-electron chi connectivity index (χ4n) is 2.81. The average molecular weight is 415 g/mol. The van der Waals surface area contributed by atoms with Crippen LogP contribution in [-0.4, -0.2) is 19.1 Å². The van der Waals surface area contributed by atoms with Crippen LogP contribution in [0.1, 0.15) is 21.5 Å². The Morgan fingerprint density at radius 1 is 1.04 bits per heavy atom. The number of esters is 1. The number of anilines is 2. The van der Waals surface area contributed by atoms with Crippen LogP contribution in [0.15, 0.2) is 47.8 Å². The summed E-state index contributed by atoms with van der Waals surface area (Å²) in [6.07, 6.45) is 0. The molecule has 0 aliphatic rings. The van der Waals surface area contributed by atoms with E-state index in [-0.39, 0.29) is 0 Å². The number of urea groups is 1. The van der Waals surface area contributed by atoms with Crippen molar-refractivity contribution in [2.24, 2.45) is 0 Å². The fourth-order valence-corrected chi connectivity index (χ4v) is 3.94. The highest BCUT2D eigenvalue weighted by atomic mass is 35.5. The number of hydrogen-bond acceptors (Lipinski definition) is 4. The minimum absolute atomic E-state index is 0.336. The zero-order valence-electron chi connectivity index (χ0n) is 15.6. The van der Waals surface area contributed by atoms with E-state index in [0.717, 1.165) is 22.3 Å². The second kappa shape index (κ2) is 8.46. The molecule has 5 nitrogen and oxygen atoms in total. The quantitative estimate of drug-likeness (QED) is 0.505. The predicted octanol–water partition coefficient (Wildman–Crippen LogP) is 6.12. The summed E-state index contributed by atoms with van der Waals surface area (Å²) in [6.45, 7) is 3.97. The van der Waals surface area contributed by atoms with Crippen molar-refractivity contribution >= 4 is 45.6 Å². The third kappa shape index (κ3) is 4.35. The van der Waals surface area contributed by atoms with Gasteiger partial charge in [-0.2, -0.15) is 0 Å². The Hall–Kier alpha value is -2.83. The molecule has 0 spiro atoms. The lowest BCUT2D eigenvalue weighted by atomic mass is 9.97. The van der Waals surface area contributed by atoms with Gasteiger partial charge in [-0.25, -0.2) is 9.59 Å². The molecule has 144 valence electrons. The highest BCUT2D eigenvalue weighted by Crippen LogP contribution is 2.38. The van der Waals surface area contributed by atoms with E-state index in [0.29, 0.717) is 21.3 Å². The highest BCUT2D eigenvalue weighted by molar-refractivity contribution is 7.15. The number of aryl methyl sites for hydroxylation is 2. The van der Waals surface area contributed by atoms with Crippen LogP contribution < -0.4 is 10.6 Å². The first-order valence-corrected chi connectivity index (χ1v) is 9.76. The molecule has 1 heterocycles. The standard InChI is InChI=1S/C21H19ClN2O3S/c1-12-7-8-13(2)16(9-12)17-11-28-19(18(17)20(25)27-3)24-21(26)23-15-6-4-5-14(22)10-15/h4-11H,1-3H3,(H2,23,24,26). The summed E-state index contributed by atoms with van der Waals surface area (Å²) in [7, 11) is 1.32. The van der Waals surface area contributed by atoms with Crippen molar-refractivity contribution in [3.05, 3.63) is 69.6 Å². The molecule has 3 rings (SSSR count). The van der Waals surface area contributed by atoms with Crippen molar-refractivity contribution in [2.75, 3.05) is 17.7 Å². The van der Waals surface area contributed by atoms with Gasteiger partial charge < -0.3 is 10.1 Å². The van der Waals surface area contributed by atoms with Gasteiger partial charge in [-0.05, 0) is 43.2 Å². The molecule has 0 saturated heterocycles. The fraction of sp³-hybridized carbons (Fsp3) is 0.143. The summed E-state index contributed by atoms with van der Waals surface area (Å²) in [5.74, 6) is -0.504. The van der Waals surface area contributed by atoms with Crippen LogP contribution in [0.5, 0.6) is 0 Å². The number of nitrogens with one attached hydrogen (secondary N) is 2. The molecule has 0 bridgehead atoms. The van der Waals surface area contributed by atoms with Gasteiger partial charge in [0.05, 0.1) is 7.11 Å². The molecule has 28 heavy (non-hydrogen) atoms. The molecule has 0 radical (unpaired) electrons. The number of ether oxygens (including phenoxy) is 1. The van der Waals surface area contributed by atoms with Gasteiger partial charge in [-0.3, -0.25) is 5.32 Å². The third-order valence-electron chi connectivity index (χ3n) is 4.17. The summed E-state index contributed by atoms with van der Waals surface area (Å²) >= 11 is 7.21. The first-order chi connectivity index (χ1) is 13.4. The predicted molar refractivity (Wildman–Crippen MR) is 115 cm³/mol. The number of rotatable bonds is 4. The Kier molecular flexibility index (Phi) is 6.02. The van der Waals surface area contributed by atoms with E-state index in [1.54, 1.807) is 24.3 Å². The first kappa shape index (κ1) is 19.9. The number of carbonyl (C=O) groups excluding carboxylic acids is 2. The molecule has 1 aromatic heterocycles. The molecule has 0 fully saturated rings. The minimum atomic E-state index is -0.504. The van der Waals surface area contributed by atoms with Crippen LogP contribution in [0.3, 0.4) is 0 Å². The molecule has 0 aliphatic carbocycles. The summed E-state index contributed by atoms with van der Waals surface area (Å²) in [6, 6.07) is 12.4. The number of thiophene rings is 1. The number of hydrogen-bond donors (Lipinski definition) is 2. The topological polar surface area (TPSA) is 67.4 Å². The summed E-state index contributed by atoms with van der Waals surface area (Å²) < 4.78 is 4.96. The molecular weight excluding hydrogens is 396 g/mol. The van der Waals surface area contributed by atoms with Gasteiger partial charge in [0.25, 0.3) is 0 Å². The molecule has 7 heteroatoms. The SMILES string of the molecule is COC(=O)c1c(-c2cc(C)ccc2C)csc1NC(=O)Nc1cccc(Cl)c1. The maximum atomic E-state index is 12.5. The van der Waals surface area contributed by atoms with E-state index < -0.39 is 12.0 Å². The van der Waals surface area contributed by atoms with Crippen LogP contribution in [-0.2, 0) is 4.74 Å². The van der Waals surface area contributed by atoms with Crippen LogP contribution in [0.4, 0.5) is 15.5 Å². The van der Waals surface area contributed by atoms with Crippen molar-refractivity contribution in [1.29, 1.82) is 0 Å². The summed E-state index contributed by atoms with van der Waals surface area (Å²) in [4.78, 5) is 24.9. The Bertz CT molecular complexity index is 1050. The van der Waals surface area contributed by atoms with Crippen molar-refractivity contribution < 1.29 is 14.3 Å². The molecular formula is C21H19ClN2O3S. The van der Waals surface area contributed by atoms with E-state index in [9.17, 15) is 9.59 Å². The summed E-state index contributed by atoms with van der Waals surface area (Å²) in [5, 5.41) is 8.23. The van der Waals surface area contributed by atoms with Crippen LogP contribution in [0, 0.1) is 13.8 Å². The van der Waals surface area contributed by atoms with Crippen LogP contribution in [0.2, 0.25) is 5.02 Å². The number of carbonyl (C=O) groups is 2. The largest absolute Gasteiger partial charge is 0.465 e. The lowest BCUT2D eigenvalue weighted by molar-refractivity contribution is 0.0603. The van der Waals surface area contributed by atoms with E-state index in [4.69, 9.17) is 16.3 Å². The maximum absolute atomic E-state index is 12.5. The van der Waals surface area contributed by atoms with Crippen molar-refractivity contribution in [3.63, 3.8) is 0 Å². The lowest BCUT2D eigenvalue weighted by Crippen LogP contribution is -2.20. The molecule has 0 aliphatic heterocycles. The number of benzene rings is 2. The van der Waals surface area contributed by atoms with Crippen molar-refractivity contribution in [2.45, 2.75) is 13.8 Å². The molecule has 0 unspecified atom stereocenters. The Morgan fingerprint density at radius 3 is 2.54 bits per heavy atom. The highest BCUT2D eigenvalue weighted by Gasteiger charge is 2.23. The second-order valence-corrected chi connectivity index (χ2v) is 7.57. The van der Waals surface area contributed by atoms with Crippen LogP contribution in [0.25, 0.3) is 11.1 Å². The van der Waals surface area contributed by atoms with Gasteiger partial charge in [-0.15, -0.1) is 11.3 Å². The van der Waals surface area contributed by atoms with Gasteiger partial charge >= 0.3 is 12.0 Å². The third-order valence-corrected chi connectivity index (χ3v) is 5.30.